The van der Waals surface area contributed by atoms with Crippen LogP contribution < -0.4 is 0 Å². The van der Waals surface area contributed by atoms with E-state index in [1.54, 1.807) is 0 Å². The molecule has 2 saturated heterocycles. The van der Waals surface area contributed by atoms with Crippen LogP contribution in [0.4, 0.5) is 4.79 Å². The summed E-state index contributed by atoms with van der Waals surface area (Å²) < 4.78 is 11.9. The number of ether oxygens (including phenoxy) is 2. The fourth-order valence-electron chi connectivity index (χ4n) is 4.70. The number of carbonyl (C=O) groups excluding carboxylic acids is 1. The molecule has 0 radical (unpaired) electrons. The molecule has 5 heteroatoms. The summed E-state index contributed by atoms with van der Waals surface area (Å²) in [4.78, 5) is 17.0. The molecule has 0 unspecified atom stereocenters. The van der Waals surface area contributed by atoms with Gasteiger partial charge in [0.25, 0.3) is 0 Å². The third kappa shape index (κ3) is 5.28. The first kappa shape index (κ1) is 21.8. The topological polar surface area (TPSA) is 42.0 Å². The first-order valence-electron chi connectivity index (χ1n) is 11.3. The predicted molar refractivity (Wildman–Crippen MR) is 122 cm³/mol. The van der Waals surface area contributed by atoms with E-state index >= 15 is 0 Å². The molecule has 0 aliphatic carbocycles. The average Bonchev–Trinajstić information content (AvgIpc) is 2.76. The summed E-state index contributed by atoms with van der Waals surface area (Å²) in [6.45, 7) is 9.36. The highest BCUT2D eigenvalue weighted by molar-refractivity contribution is 5.68. The van der Waals surface area contributed by atoms with Crippen molar-refractivity contribution in [2.45, 2.75) is 50.9 Å². The number of amides is 1. The Morgan fingerprint density at radius 2 is 1.48 bits per heavy atom. The monoisotopic (exact) mass is 422 g/mol. The highest BCUT2D eigenvalue weighted by Crippen LogP contribution is 2.36. The first-order valence-corrected chi connectivity index (χ1v) is 11.3. The number of carbonyl (C=O) groups is 1. The highest BCUT2D eigenvalue weighted by atomic mass is 16.6. The van der Waals surface area contributed by atoms with Gasteiger partial charge in [-0.25, -0.2) is 4.79 Å². The minimum atomic E-state index is -0.482. The van der Waals surface area contributed by atoms with Gasteiger partial charge in [-0.2, -0.15) is 0 Å². The Balaban J connectivity index is 1.47. The van der Waals surface area contributed by atoms with Crippen LogP contribution in [0, 0.1) is 0 Å². The van der Waals surface area contributed by atoms with E-state index in [2.05, 4.69) is 65.6 Å². The molecule has 0 bridgehead atoms. The number of likely N-dealkylation sites (tertiary alicyclic amines) is 1. The minimum absolute atomic E-state index is 0.227. The van der Waals surface area contributed by atoms with E-state index in [1.165, 1.54) is 11.1 Å². The molecule has 4 rings (SSSR count). The average molecular weight is 423 g/mol. The molecule has 2 aliphatic heterocycles. The second-order valence-corrected chi connectivity index (χ2v) is 9.69. The van der Waals surface area contributed by atoms with Gasteiger partial charge < -0.3 is 14.4 Å². The molecule has 0 saturated carbocycles. The van der Waals surface area contributed by atoms with E-state index in [0.717, 1.165) is 25.9 Å². The van der Waals surface area contributed by atoms with Crippen molar-refractivity contribution in [3.63, 3.8) is 0 Å². The van der Waals surface area contributed by atoms with Crippen molar-refractivity contribution >= 4 is 6.09 Å². The molecule has 0 aromatic heterocycles. The van der Waals surface area contributed by atoms with Crippen molar-refractivity contribution in [1.82, 2.24) is 9.80 Å². The molecule has 31 heavy (non-hydrogen) atoms. The van der Waals surface area contributed by atoms with E-state index in [4.69, 9.17) is 9.47 Å². The molecule has 0 N–H and O–H groups in total. The maximum atomic E-state index is 12.6. The summed E-state index contributed by atoms with van der Waals surface area (Å²) in [6, 6.07) is 21.7. The third-order valence-corrected chi connectivity index (χ3v) is 6.21. The zero-order valence-corrected chi connectivity index (χ0v) is 18.9. The Morgan fingerprint density at radius 1 is 0.935 bits per heavy atom. The van der Waals surface area contributed by atoms with Crippen molar-refractivity contribution in [3.8, 4) is 0 Å². The van der Waals surface area contributed by atoms with Crippen LogP contribution in [0.3, 0.4) is 0 Å². The van der Waals surface area contributed by atoms with E-state index in [9.17, 15) is 4.79 Å². The quantitative estimate of drug-likeness (QED) is 0.707. The minimum Gasteiger partial charge on any atom is -0.444 e. The van der Waals surface area contributed by atoms with Gasteiger partial charge in [0.15, 0.2) is 0 Å². The van der Waals surface area contributed by atoms with Crippen LogP contribution in [-0.4, -0.2) is 59.9 Å². The van der Waals surface area contributed by atoms with Gasteiger partial charge in [0.1, 0.15) is 5.60 Å². The molecular formula is C26H34N2O3. The van der Waals surface area contributed by atoms with Crippen molar-refractivity contribution in [1.29, 1.82) is 0 Å². The number of rotatable bonds is 3. The molecule has 2 heterocycles. The molecule has 2 aliphatic rings. The standard InChI is InChI=1S/C26H34N2O3/c1-25(2,3)31-24(29)28-18-19-30-26(20-28)14-16-27(17-15-26)23(21-10-6-4-7-11-21)22-12-8-5-9-13-22/h4-13,23H,14-20H2,1-3H3. The van der Waals surface area contributed by atoms with Gasteiger partial charge >= 0.3 is 6.09 Å². The maximum Gasteiger partial charge on any atom is 0.410 e. The number of nitrogens with zero attached hydrogens (tertiary/aromatic N) is 2. The lowest BCUT2D eigenvalue weighted by Crippen LogP contribution is -2.58. The van der Waals surface area contributed by atoms with Gasteiger partial charge in [-0.05, 0) is 44.7 Å². The second kappa shape index (κ2) is 9.01. The Hall–Kier alpha value is -2.37. The summed E-state index contributed by atoms with van der Waals surface area (Å²) >= 11 is 0. The van der Waals surface area contributed by atoms with Crippen molar-refractivity contribution in [2.75, 3.05) is 32.8 Å². The van der Waals surface area contributed by atoms with Gasteiger partial charge in [0.05, 0.1) is 24.8 Å². The number of piperidine rings is 1. The molecule has 5 nitrogen and oxygen atoms in total. The summed E-state index contributed by atoms with van der Waals surface area (Å²) in [5.74, 6) is 0. The summed E-state index contributed by atoms with van der Waals surface area (Å²) in [5, 5.41) is 0. The fourth-order valence-corrected chi connectivity index (χ4v) is 4.70. The van der Waals surface area contributed by atoms with Crippen LogP contribution in [0.25, 0.3) is 0 Å². The first-order chi connectivity index (χ1) is 14.9. The lowest BCUT2D eigenvalue weighted by molar-refractivity contribution is -0.135. The molecule has 0 atom stereocenters. The zero-order valence-electron chi connectivity index (χ0n) is 18.9. The van der Waals surface area contributed by atoms with E-state index in [0.29, 0.717) is 19.7 Å². The largest absolute Gasteiger partial charge is 0.444 e. The molecule has 1 amide bonds. The Morgan fingerprint density at radius 3 is 2.00 bits per heavy atom. The highest BCUT2D eigenvalue weighted by Gasteiger charge is 2.43. The van der Waals surface area contributed by atoms with Gasteiger partial charge in [-0.15, -0.1) is 0 Å². The molecule has 166 valence electrons. The third-order valence-electron chi connectivity index (χ3n) is 6.21. The number of hydrogen-bond donors (Lipinski definition) is 0. The van der Waals surface area contributed by atoms with Crippen LogP contribution in [0.15, 0.2) is 60.7 Å². The van der Waals surface area contributed by atoms with E-state index in [1.807, 2.05) is 25.7 Å². The lowest BCUT2D eigenvalue weighted by Gasteiger charge is -2.48. The van der Waals surface area contributed by atoms with Crippen LogP contribution in [0.1, 0.15) is 50.8 Å². The molecule has 2 aromatic carbocycles. The molecule has 2 aromatic rings. The maximum absolute atomic E-state index is 12.6. The summed E-state index contributed by atoms with van der Waals surface area (Å²) in [7, 11) is 0. The van der Waals surface area contributed by atoms with Gasteiger partial charge in [-0.1, -0.05) is 60.7 Å². The van der Waals surface area contributed by atoms with E-state index < -0.39 is 5.60 Å². The smallest absolute Gasteiger partial charge is 0.410 e. The molecule has 2 fully saturated rings. The SMILES string of the molecule is CC(C)(C)OC(=O)N1CCOC2(CCN(C(c3ccccc3)c3ccccc3)CC2)C1. The summed E-state index contributed by atoms with van der Waals surface area (Å²) in [6.07, 6.45) is 1.58. The lowest BCUT2D eigenvalue weighted by atomic mass is 9.87. The number of benzene rings is 2. The van der Waals surface area contributed by atoms with Crippen molar-refractivity contribution in [3.05, 3.63) is 71.8 Å². The van der Waals surface area contributed by atoms with Crippen LogP contribution >= 0.6 is 0 Å². The van der Waals surface area contributed by atoms with Crippen LogP contribution in [0.2, 0.25) is 0 Å². The van der Waals surface area contributed by atoms with Crippen molar-refractivity contribution in [2.24, 2.45) is 0 Å². The van der Waals surface area contributed by atoms with Gasteiger partial charge in [-0.3, -0.25) is 4.90 Å². The Labute approximate surface area is 185 Å². The predicted octanol–water partition coefficient (Wildman–Crippen LogP) is 4.88. The van der Waals surface area contributed by atoms with E-state index in [-0.39, 0.29) is 17.7 Å². The zero-order chi connectivity index (χ0) is 21.9. The second-order valence-electron chi connectivity index (χ2n) is 9.69. The van der Waals surface area contributed by atoms with Gasteiger partial charge in [0, 0.05) is 19.6 Å². The molecule has 1 spiro atoms. The van der Waals surface area contributed by atoms with Crippen LogP contribution in [-0.2, 0) is 9.47 Å². The fraction of sp³-hybridized carbons (Fsp3) is 0.500. The normalized spacial score (nSPS) is 19.5. The summed E-state index contributed by atoms with van der Waals surface area (Å²) in [5.41, 5.74) is 1.86. The molecular weight excluding hydrogens is 388 g/mol. The number of hydrogen-bond acceptors (Lipinski definition) is 4. The van der Waals surface area contributed by atoms with Crippen LogP contribution in [0.5, 0.6) is 0 Å². The Bertz CT molecular complexity index is 816. The Kier molecular flexibility index (Phi) is 6.35. The van der Waals surface area contributed by atoms with Gasteiger partial charge in [0.2, 0.25) is 0 Å². The van der Waals surface area contributed by atoms with Crippen molar-refractivity contribution < 1.29 is 14.3 Å². The number of morpholine rings is 1.